The van der Waals surface area contributed by atoms with Gasteiger partial charge in [0.2, 0.25) is 5.91 Å². The molecule has 0 radical (unpaired) electrons. The van der Waals surface area contributed by atoms with Crippen molar-refractivity contribution in [3.05, 3.63) is 28.8 Å². The van der Waals surface area contributed by atoms with Gasteiger partial charge in [-0.15, -0.1) is 0 Å². The first-order chi connectivity index (χ1) is 8.54. The van der Waals surface area contributed by atoms with Crippen molar-refractivity contribution in [3.63, 3.8) is 0 Å². The zero-order valence-corrected chi connectivity index (χ0v) is 11.1. The smallest absolute Gasteiger partial charge is 0.217 e. The fraction of sp³-hybridized carbons (Fsp3) is 0.462. The number of nitrogens with one attached hydrogen (secondary N) is 1. The number of halogens is 1. The van der Waals surface area contributed by atoms with Crippen molar-refractivity contribution in [2.24, 2.45) is 0 Å². The first-order valence-electron chi connectivity index (χ1n) is 6.01. The number of carbonyl (C=O) groups excluding carboxylic acids is 1. The van der Waals surface area contributed by atoms with Crippen LogP contribution in [0.5, 0.6) is 5.75 Å². The van der Waals surface area contributed by atoms with Gasteiger partial charge in [0.25, 0.3) is 0 Å². The van der Waals surface area contributed by atoms with Crippen molar-refractivity contribution in [2.45, 2.75) is 25.9 Å². The Morgan fingerprint density at radius 3 is 3.06 bits per heavy atom. The summed E-state index contributed by atoms with van der Waals surface area (Å²) in [6.45, 7) is 4.15. The Labute approximate surface area is 112 Å². The quantitative estimate of drug-likeness (QED) is 0.878. The molecule has 1 aromatic carbocycles. The third-order valence-corrected chi connectivity index (χ3v) is 3.40. The normalized spacial score (nSPS) is 20.0. The molecule has 98 valence electrons. The molecule has 0 aliphatic carbocycles. The molecule has 2 N–H and O–H groups in total. The van der Waals surface area contributed by atoms with E-state index in [2.05, 4.69) is 10.2 Å². The number of benzene rings is 1. The fourth-order valence-electron chi connectivity index (χ4n) is 2.29. The zero-order chi connectivity index (χ0) is 13.1. The predicted octanol–water partition coefficient (Wildman–Crippen LogP) is 1.76. The molecule has 1 aliphatic rings. The van der Waals surface area contributed by atoms with Crippen LogP contribution in [0.2, 0.25) is 5.02 Å². The molecule has 0 bridgehead atoms. The summed E-state index contributed by atoms with van der Waals surface area (Å²) in [7, 11) is 0. The van der Waals surface area contributed by atoms with E-state index in [1.807, 2.05) is 6.07 Å². The highest BCUT2D eigenvalue weighted by molar-refractivity contribution is 6.32. The van der Waals surface area contributed by atoms with Gasteiger partial charge >= 0.3 is 0 Å². The van der Waals surface area contributed by atoms with Gasteiger partial charge in [-0.3, -0.25) is 9.69 Å². The Morgan fingerprint density at radius 2 is 2.39 bits per heavy atom. The highest BCUT2D eigenvalue weighted by atomic mass is 35.5. The summed E-state index contributed by atoms with van der Waals surface area (Å²) < 4.78 is 0. The Balaban J connectivity index is 1.91. The highest BCUT2D eigenvalue weighted by Gasteiger charge is 2.22. The summed E-state index contributed by atoms with van der Waals surface area (Å²) in [5.74, 6) is 0.132. The molecule has 18 heavy (non-hydrogen) atoms. The monoisotopic (exact) mass is 268 g/mol. The van der Waals surface area contributed by atoms with Crippen LogP contribution < -0.4 is 5.32 Å². The molecule has 1 aromatic rings. The molecule has 1 atom stereocenters. The van der Waals surface area contributed by atoms with E-state index >= 15 is 0 Å². The van der Waals surface area contributed by atoms with Crippen LogP contribution in [-0.4, -0.2) is 35.0 Å². The largest absolute Gasteiger partial charge is 0.506 e. The van der Waals surface area contributed by atoms with Crippen LogP contribution in [0.3, 0.4) is 0 Å². The maximum Gasteiger partial charge on any atom is 0.217 e. The van der Waals surface area contributed by atoms with E-state index in [-0.39, 0.29) is 17.7 Å². The van der Waals surface area contributed by atoms with Gasteiger partial charge in [-0.05, 0) is 24.1 Å². The molecule has 5 heteroatoms. The molecule has 0 saturated carbocycles. The predicted molar refractivity (Wildman–Crippen MR) is 70.6 cm³/mol. The number of likely N-dealkylation sites (tertiary alicyclic amines) is 1. The summed E-state index contributed by atoms with van der Waals surface area (Å²) in [5.41, 5.74) is 1.07. The van der Waals surface area contributed by atoms with Gasteiger partial charge < -0.3 is 10.4 Å². The number of amides is 1. The molecule has 1 heterocycles. The van der Waals surface area contributed by atoms with E-state index in [0.29, 0.717) is 5.02 Å². The number of nitrogens with zero attached hydrogens (tertiary/aromatic N) is 1. The molecule has 1 amide bonds. The lowest BCUT2D eigenvalue weighted by atomic mass is 10.2. The number of phenols is 1. The van der Waals surface area contributed by atoms with Gasteiger partial charge in [0.05, 0.1) is 5.02 Å². The van der Waals surface area contributed by atoms with E-state index in [4.69, 9.17) is 11.6 Å². The highest BCUT2D eigenvalue weighted by Crippen LogP contribution is 2.24. The maximum absolute atomic E-state index is 11.0. The Kier molecular flexibility index (Phi) is 4.09. The van der Waals surface area contributed by atoms with Crippen molar-refractivity contribution in [1.82, 2.24) is 10.2 Å². The molecule has 0 aromatic heterocycles. The SMILES string of the molecule is CC(=O)NC1CCN(Cc2ccc(O)c(Cl)c2)C1. The maximum atomic E-state index is 11.0. The van der Waals surface area contributed by atoms with Gasteiger partial charge in [-0.2, -0.15) is 0 Å². The van der Waals surface area contributed by atoms with E-state index in [1.54, 1.807) is 19.1 Å². The zero-order valence-electron chi connectivity index (χ0n) is 10.3. The number of rotatable bonds is 3. The van der Waals surface area contributed by atoms with Crippen molar-refractivity contribution in [2.75, 3.05) is 13.1 Å². The first-order valence-corrected chi connectivity index (χ1v) is 6.39. The van der Waals surface area contributed by atoms with Gasteiger partial charge in [0.1, 0.15) is 5.75 Å². The Bertz CT molecular complexity index is 451. The van der Waals surface area contributed by atoms with Crippen molar-refractivity contribution < 1.29 is 9.90 Å². The number of hydrogen-bond donors (Lipinski definition) is 2. The average Bonchev–Trinajstić information content (AvgIpc) is 2.70. The summed E-state index contributed by atoms with van der Waals surface area (Å²) in [4.78, 5) is 13.2. The van der Waals surface area contributed by atoms with Gasteiger partial charge in [-0.25, -0.2) is 0 Å². The third kappa shape index (κ3) is 3.37. The number of phenolic OH excluding ortho intramolecular Hbond substituents is 1. The number of aromatic hydroxyl groups is 1. The van der Waals surface area contributed by atoms with Crippen LogP contribution in [0.25, 0.3) is 0 Å². The minimum absolute atomic E-state index is 0.0227. The van der Waals surface area contributed by atoms with E-state index in [9.17, 15) is 9.90 Å². The second-order valence-electron chi connectivity index (χ2n) is 4.71. The van der Waals surface area contributed by atoms with Crippen LogP contribution in [0.4, 0.5) is 0 Å². The second kappa shape index (κ2) is 5.59. The van der Waals surface area contributed by atoms with Crippen molar-refractivity contribution in [3.8, 4) is 5.75 Å². The first kappa shape index (κ1) is 13.2. The van der Waals surface area contributed by atoms with Gasteiger partial charge in [0, 0.05) is 32.6 Å². The third-order valence-electron chi connectivity index (χ3n) is 3.10. The van der Waals surface area contributed by atoms with Crippen LogP contribution in [0, 0.1) is 0 Å². The number of hydrogen-bond acceptors (Lipinski definition) is 3. The lowest BCUT2D eigenvalue weighted by Gasteiger charge is -2.16. The summed E-state index contributed by atoms with van der Waals surface area (Å²) in [5, 5.41) is 12.7. The summed E-state index contributed by atoms with van der Waals surface area (Å²) in [6, 6.07) is 5.50. The molecular formula is C13H17ClN2O2. The van der Waals surface area contributed by atoms with Crippen LogP contribution in [0.1, 0.15) is 18.9 Å². The van der Waals surface area contributed by atoms with E-state index in [1.165, 1.54) is 0 Å². The fourth-order valence-corrected chi connectivity index (χ4v) is 2.49. The van der Waals surface area contributed by atoms with Crippen LogP contribution >= 0.6 is 11.6 Å². The Morgan fingerprint density at radius 1 is 1.61 bits per heavy atom. The lowest BCUT2D eigenvalue weighted by Crippen LogP contribution is -2.35. The molecule has 1 aliphatic heterocycles. The number of carbonyl (C=O) groups is 1. The van der Waals surface area contributed by atoms with Crippen LogP contribution in [-0.2, 0) is 11.3 Å². The Hall–Kier alpha value is -1.26. The minimum Gasteiger partial charge on any atom is -0.506 e. The summed E-state index contributed by atoms with van der Waals surface area (Å²) in [6.07, 6.45) is 0.978. The molecular weight excluding hydrogens is 252 g/mol. The van der Waals surface area contributed by atoms with Crippen molar-refractivity contribution in [1.29, 1.82) is 0 Å². The lowest BCUT2D eigenvalue weighted by molar-refractivity contribution is -0.119. The van der Waals surface area contributed by atoms with Gasteiger partial charge in [0.15, 0.2) is 0 Å². The van der Waals surface area contributed by atoms with Gasteiger partial charge in [-0.1, -0.05) is 17.7 Å². The topological polar surface area (TPSA) is 52.6 Å². The molecule has 1 saturated heterocycles. The van der Waals surface area contributed by atoms with Crippen LogP contribution in [0.15, 0.2) is 18.2 Å². The second-order valence-corrected chi connectivity index (χ2v) is 5.11. The van der Waals surface area contributed by atoms with E-state index < -0.39 is 0 Å². The van der Waals surface area contributed by atoms with Crippen molar-refractivity contribution >= 4 is 17.5 Å². The molecule has 1 unspecified atom stereocenters. The molecule has 0 spiro atoms. The molecule has 2 rings (SSSR count). The minimum atomic E-state index is 0.0227. The molecule has 1 fully saturated rings. The molecule has 4 nitrogen and oxygen atoms in total. The average molecular weight is 269 g/mol. The summed E-state index contributed by atoms with van der Waals surface area (Å²) >= 11 is 5.87. The van der Waals surface area contributed by atoms with E-state index in [0.717, 1.165) is 31.6 Å². The standard InChI is InChI=1S/C13H17ClN2O2/c1-9(17)15-11-4-5-16(8-11)7-10-2-3-13(18)12(14)6-10/h2-3,6,11,18H,4-5,7-8H2,1H3,(H,15,17).